The van der Waals surface area contributed by atoms with Crippen LogP contribution in [0.4, 0.5) is 0 Å². The number of methoxy groups -OCH3 is 2. The van der Waals surface area contributed by atoms with E-state index in [1.54, 1.807) is 13.0 Å². The van der Waals surface area contributed by atoms with E-state index in [9.17, 15) is 14.4 Å². The predicted molar refractivity (Wildman–Crippen MR) is 101 cm³/mol. The highest BCUT2D eigenvalue weighted by Crippen LogP contribution is 2.23. The van der Waals surface area contributed by atoms with E-state index in [0.717, 1.165) is 0 Å². The largest absolute Gasteiger partial charge is 0.497 e. The zero-order valence-electron chi connectivity index (χ0n) is 15.6. The Labute approximate surface area is 162 Å². The average Bonchev–Trinajstić information content (AvgIpc) is 2.90. The molecule has 0 bridgehead atoms. The zero-order valence-corrected chi connectivity index (χ0v) is 16.4. The number of amides is 3. The van der Waals surface area contributed by atoms with Crippen LogP contribution in [0.2, 0.25) is 0 Å². The highest BCUT2D eigenvalue weighted by molar-refractivity contribution is 7.80. The van der Waals surface area contributed by atoms with E-state index in [1.165, 1.54) is 43.3 Å². The van der Waals surface area contributed by atoms with Crippen molar-refractivity contribution < 1.29 is 23.9 Å². The second kappa shape index (κ2) is 8.67. The summed E-state index contributed by atoms with van der Waals surface area (Å²) in [6, 6.07) is 3.79. The van der Waals surface area contributed by atoms with Crippen molar-refractivity contribution in [3.05, 3.63) is 23.8 Å². The number of ether oxygens (including phenoxy) is 2. The Balaban J connectivity index is 2.29. The highest BCUT2D eigenvalue weighted by Gasteiger charge is 2.43. The summed E-state index contributed by atoms with van der Waals surface area (Å²) in [5.74, 6) is -0.304. The quantitative estimate of drug-likeness (QED) is 0.642. The number of rotatable bonds is 7. The number of thiocarbonyl (C=S) groups is 1. The minimum atomic E-state index is -0.908. The van der Waals surface area contributed by atoms with Crippen molar-refractivity contribution in [1.29, 1.82) is 0 Å². The summed E-state index contributed by atoms with van der Waals surface area (Å²) in [6.07, 6.45) is -0.131. The molecule has 1 fully saturated rings. The molecule has 1 aromatic carbocycles. The molecule has 1 saturated heterocycles. The van der Waals surface area contributed by atoms with Crippen LogP contribution in [0, 0.1) is 0 Å². The van der Waals surface area contributed by atoms with E-state index in [1.807, 2.05) is 0 Å². The predicted octanol–water partition coefficient (Wildman–Crippen LogP) is 0.302. The van der Waals surface area contributed by atoms with Crippen LogP contribution < -0.4 is 20.2 Å². The number of nitrogens with zero attached hydrogens (tertiary/aromatic N) is 2. The molecule has 2 rings (SSSR count). The minimum absolute atomic E-state index is 0.131. The Morgan fingerprint density at radius 3 is 2.26 bits per heavy atom. The molecule has 10 heteroatoms. The van der Waals surface area contributed by atoms with Crippen molar-refractivity contribution in [1.82, 2.24) is 20.7 Å². The molecule has 1 aliphatic heterocycles. The fourth-order valence-electron chi connectivity index (χ4n) is 2.63. The summed E-state index contributed by atoms with van der Waals surface area (Å²) in [7, 11) is 4.43. The average molecular weight is 394 g/mol. The molecule has 2 N–H and O–H groups in total. The molecular formula is C17H22N4O5S. The number of carbonyl (C=O) groups is 3. The van der Waals surface area contributed by atoms with Gasteiger partial charge in [0.1, 0.15) is 17.5 Å². The molecule has 9 nitrogen and oxygen atoms in total. The van der Waals surface area contributed by atoms with Crippen LogP contribution in [0.15, 0.2) is 18.2 Å². The molecule has 27 heavy (non-hydrogen) atoms. The minimum Gasteiger partial charge on any atom is -0.497 e. The summed E-state index contributed by atoms with van der Waals surface area (Å²) in [5, 5.41) is 3.86. The number of hydrogen-bond acceptors (Lipinski definition) is 6. The van der Waals surface area contributed by atoms with Crippen molar-refractivity contribution >= 4 is 35.1 Å². The van der Waals surface area contributed by atoms with Crippen molar-refractivity contribution in [2.75, 3.05) is 27.8 Å². The first kappa shape index (κ1) is 20.4. The molecule has 1 heterocycles. The molecule has 0 saturated carbocycles. The van der Waals surface area contributed by atoms with Crippen LogP contribution in [-0.4, -0.2) is 66.6 Å². The molecule has 0 radical (unpaired) electrons. The summed E-state index contributed by atoms with van der Waals surface area (Å²) in [5.41, 5.74) is 2.88. The summed E-state index contributed by atoms with van der Waals surface area (Å²) in [6.45, 7) is 2.10. The fraction of sp³-hybridized carbons (Fsp3) is 0.412. The third-order valence-electron chi connectivity index (χ3n) is 4.11. The molecular weight excluding hydrogens is 372 g/mol. The third-order valence-corrected chi connectivity index (χ3v) is 4.53. The number of nitrogens with one attached hydrogen (secondary N) is 2. The van der Waals surface area contributed by atoms with Crippen molar-refractivity contribution in [3.8, 4) is 11.5 Å². The van der Waals surface area contributed by atoms with Crippen LogP contribution >= 0.6 is 12.2 Å². The number of benzene rings is 1. The van der Waals surface area contributed by atoms with Gasteiger partial charge in [0.25, 0.3) is 11.8 Å². The first-order chi connectivity index (χ1) is 12.9. The normalized spacial score (nSPS) is 16.4. The van der Waals surface area contributed by atoms with Crippen LogP contribution in [0.3, 0.4) is 0 Å². The van der Waals surface area contributed by atoms with E-state index < -0.39 is 11.9 Å². The lowest BCUT2D eigenvalue weighted by molar-refractivity contribution is -0.132. The van der Waals surface area contributed by atoms with Gasteiger partial charge < -0.3 is 14.8 Å². The molecule has 0 spiro atoms. The smallest absolute Gasteiger partial charge is 0.270 e. The highest BCUT2D eigenvalue weighted by atomic mass is 32.1. The standard InChI is InChI=1S/C17H22N4O5S/c1-5-20-16(24)13(9-14(22)18-2)21(17(20)27)19-15(23)10-6-11(25-3)8-12(7-10)26-4/h6-8,13H,5,9H2,1-4H3,(H,18,22)(H,19,23). The molecule has 1 aromatic rings. The monoisotopic (exact) mass is 394 g/mol. The first-order valence-corrected chi connectivity index (χ1v) is 8.66. The maximum Gasteiger partial charge on any atom is 0.270 e. The second-order valence-corrected chi connectivity index (χ2v) is 6.04. The number of hydrogen-bond donors (Lipinski definition) is 2. The number of carbonyl (C=O) groups excluding carboxylic acids is 3. The lowest BCUT2D eigenvalue weighted by atomic mass is 10.1. The van der Waals surface area contributed by atoms with E-state index in [4.69, 9.17) is 21.7 Å². The lowest BCUT2D eigenvalue weighted by Crippen LogP contribution is -2.50. The SMILES string of the molecule is CCN1C(=O)C(CC(=O)NC)N(NC(=O)c2cc(OC)cc(OC)c2)C1=S. The molecule has 146 valence electrons. The lowest BCUT2D eigenvalue weighted by Gasteiger charge is -2.24. The Morgan fingerprint density at radius 2 is 1.78 bits per heavy atom. The Hall–Kier alpha value is -2.88. The Bertz CT molecular complexity index is 747. The zero-order chi connectivity index (χ0) is 20.1. The van der Waals surface area contributed by atoms with Crippen LogP contribution in [0.1, 0.15) is 23.7 Å². The van der Waals surface area contributed by atoms with Crippen molar-refractivity contribution in [2.24, 2.45) is 0 Å². The maximum absolute atomic E-state index is 12.7. The maximum atomic E-state index is 12.7. The molecule has 1 unspecified atom stereocenters. The van der Waals surface area contributed by atoms with E-state index in [0.29, 0.717) is 18.0 Å². The van der Waals surface area contributed by atoms with Crippen molar-refractivity contribution in [2.45, 2.75) is 19.4 Å². The number of likely N-dealkylation sites (N-methyl/N-ethyl adjacent to an activating group) is 1. The van der Waals surface area contributed by atoms with Gasteiger partial charge in [-0.05, 0) is 31.3 Å². The van der Waals surface area contributed by atoms with Crippen LogP contribution in [0.5, 0.6) is 11.5 Å². The summed E-state index contributed by atoms with van der Waals surface area (Å²) < 4.78 is 10.3. The molecule has 1 atom stereocenters. The molecule has 0 aromatic heterocycles. The molecule has 0 aliphatic carbocycles. The van der Waals surface area contributed by atoms with E-state index in [-0.39, 0.29) is 28.9 Å². The topological polar surface area (TPSA) is 100 Å². The van der Waals surface area contributed by atoms with E-state index in [2.05, 4.69) is 10.7 Å². The van der Waals surface area contributed by atoms with Gasteiger partial charge in [-0.3, -0.25) is 24.7 Å². The van der Waals surface area contributed by atoms with Crippen molar-refractivity contribution in [3.63, 3.8) is 0 Å². The van der Waals surface area contributed by atoms with Gasteiger partial charge in [0.2, 0.25) is 5.91 Å². The third kappa shape index (κ3) is 4.27. The van der Waals surface area contributed by atoms with Gasteiger partial charge in [-0.2, -0.15) is 0 Å². The van der Waals surface area contributed by atoms with Gasteiger partial charge >= 0.3 is 0 Å². The van der Waals surface area contributed by atoms with Gasteiger partial charge in [0.05, 0.1) is 20.6 Å². The summed E-state index contributed by atoms with van der Waals surface area (Å²) >= 11 is 5.31. The van der Waals surface area contributed by atoms with Gasteiger partial charge in [-0.25, -0.2) is 5.01 Å². The van der Waals surface area contributed by atoms with E-state index >= 15 is 0 Å². The Kier molecular flexibility index (Phi) is 6.56. The van der Waals surface area contributed by atoms with Gasteiger partial charge in [-0.1, -0.05) is 0 Å². The number of hydrazine groups is 1. The molecule has 3 amide bonds. The second-order valence-electron chi connectivity index (χ2n) is 5.67. The fourth-order valence-corrected chi connectivity index (χ4v) is 3.03. The Morgan fingerprint density at radius 1 is 1.19 bits per heavy atom. The van der Waals surface area contributed by atoms with Crippen LogP contribution in [0.25, 0.3) is 0 Å². The molecule has 1 aliphatic rings. The van der Waals surface area contributed by atoms with Crippen LogP contribution in [-0.2, 0) is 9.59 Å². The summed E-state index contributed by atoms with van der Waals surface area (Å²) in [4.78, 5) is 38.4. The van der Waals surface area contributed by atoms with Gasteiger partial charge in [0, 0.05) is 25.2 Å². The van der Waals surface area contributed by atoms with Gasteiger partial charge in [-0.15, -0.1) is 0 Å². The van der Waals surface area contributed by atoms with Gasteiger partial charge in [0.15, 0.2) is 5.11 Å². The first-order valence-electron chi connectivity index (χ1n) is 8.25.